The molecular formula is C13H15ClN2. The van der Waals surface area contributed by atoms with Crippen LogP contribution in [0.4, 0.5) is 0 Å². The average Bonchev–Trinajstić information content (AvgIpc) is 2.66. The van der Waals surface area contributed by atoms with Crippen LogP contribution in [-0.2, 0) is 0 Å². The Balaban J connectivity index is 2.14. The van der Waals surface area contributed by atoms with E-state index in [2.05, 4.69) is 42.2 Å². The van der Waals surface area contributed by atoms with E-state index in [1.165, 1.54) is 16.7 Å². The predicted octanol–water partition coefficient (Wildman–Crippen LogP) is 2.90. The Morgan fingerprint density at radius 3 is 2.81 bits per heavy atom. The van der Waals surface area contributed by atoms with Crippen LogP contribution in [0.1, 0.15) is 6.42 Å². The highest BCUT2D eigenvalue weighted by atomic mass is 35.5. The Kier molecular flexibility index (Phi) is 3.42. The maximum atomic E-state index is 5.79. The highest BCUT2D eigenvalue weighted by molar-refractivity contribution is 6.30. The molecule has 0 atom stereocenters. The van der Waals surface area contributed by atoms with Crippen molar-refractivity contribution in [3.05, 3.63) is 46.2 Å². The minimum atomic E-state index is 0.587. The van der Waals surface area contributed by atoms with Crippen LogP contribution in [0.15, 0.2) is 51.2 Å². The van der Waals surface area contributed by atoms with Crippen molar-refractivity contribution in [3.8, 4) is 0 Å². The van der Waals surface area contributed by atoms with Crippen LogP contribution < -0.4 is 0 Å². The van der Waals surface area contributed by atoms with Gasteiger partial charge < -0.3 is 4.90 Å². The Morgan fingerprint density at radius 2 is 2.19 bits per heavy atom. The Hall–Kier alpha value is -1.12. The zero-order chi connectivity index (χ0) is 11.5. The van der Waals surface area contributed by atoms with Gasteiger partial charge >= 0.3 is 0 Å². The summed E-state index contributed by atoms with van der Waals surface area (Å²) in [4.78, 5) is 6.27. The van der Waals surface area contributed by atoms with Gasteiger partial charge in [-0.15, -0.1) is 0 Å². The summed E-state index contributed by atoms with van der Waals surface area (Å²) in [6.45, 7) is 0.973. The maximum Gasteiger partial charge on any atom is 0.125 e. The summed E-state index contributed by atoms with van der Waals surface area (Å²) >= 11 is 5.79. The molecule has 0 radical (unpaired) electrons. The van der Waals surface area contributed by atoms with E-state index in [1.54, 1.807) is 0 Å². The summed E-state index contributed by atoms with van der Waals surface area (Å²) < 4.78 is 0. The number of hydrogen-bond acceptors (Lipinski definition) is 2. The predicted molar refractivity (Wildman–Crippen MR) is 69.8 cm³/mol. The number of nitrogens with zero attached hydrogens (tertiary/aromatic N) is 2. The lowest BCUT2D eigenvalue weighted by Crippen LogP contribution is -2.13. The molecule has 2 rings (SSSR count). The van der Waals surface area contributed by atoms with Gasteiger partial charge in [0.05, 0.1) is 0 Å². The minimum Gasteiger partial charge on any atom is -0.305 e. The SMILES string of the molecule is CN(C)CC1=C/C(=C2\C=NC(Cl)=CC2)C=C1. The number of halogens is 1. The van der Waals surface area contributed by atoms with Gasteiger partial charge in [0.15, 0.2) is 0 Å². The highest BCUT2D eigenvalue weighted by Crippen LogP contribution is 2.23. The third-order valence-electron chi connectivity index (χ3n) is 2.52. The standard InChI is InChI=1S/C13H15ClN2/c1-16(2)9-10-3-4-11(7-10)12-5-6-13(14)15-8-12/h3-4,6-8H,5,9H2,1-2H3/b12-11-. The Labute approximate surface area is 101 Å². The number of hydrogen-bond donors (Lipinski definition) is 0. The molecule has 84 valence electrons. The second-order valence-electron chi connectivity index (χ2n) is 4.26. The minimum absolute atomic E-state index is 0.587. The van der Waals surface area contributed by atoms with E-state index in [9.17, 15) is 0 Å². The molecule has 0 aromatic carbocycles. The summed E-state index contributed by atoms with van der Waals surface area (Å²) in [6.07, 6.45) is 11.2. The lowest BCUT2D eigenvalue weighted by Gasteiger charge is -2.08. The molecule has 2 nitrogen and oxygen atoms in total. The average molecular weight is 235 g/mol. The van der Waals surface area contributed by atoms with Gasteiger partial charge in [0, 0.05) is 12.8 Å². The van der Waals surface area contributed by atoms with Gasteiger partial charge in [-0.3, -0.25) is 0 Å². The second kappa shape index (κ2) is 4.81. The first-order valence-corrected chi connectivity index (χ1v) is 5.69. The van der Waals surface area contributed by atoms with E-state index >= 15 is 0 Å². The van der Waals surface area contributed by atoms with Gasteiger partial charge in [0.25, 0.3) is 0 Å². The van der Waals surface area contributed by atoms with E-state index in [0.29, 0.717) is 5.16 Å². The van der Waals surface area contributed by atoms with Crippen LogP contribution >= 0.6 is 11.6 Å². The fourth-order valence-corrected chi connectivity index (χ4v) is 1.91. The number of rotatable bonds is 2. The number of aliphatic imine (C=N–C) groups is 1. The molecule has 1 aliphatic heterocycles. The van der Waals surface area contributed by atoms with Crippen molar-refractivity contribution in [2.24, 2.45) is 4.99 Å². The van der Waals surface area contributed by atoms with Crippen molar-refractivity contribution in [2.45, 2.75) is 6.42 Å². The normalized spacial score (nSPS) is 24.0. The summed E-state index contributed by atoms with van der Waals surface area (Å²) in [5.74, 6) is 0. The summed E-state index contributed by atoms with van der Waals surface area (Å²) in [5, 5.41) is 0.587. The fourth-order valence-electron chi connectivity index (χ4n) is 1.79. The first kappa shape index (κ1) is 11.4. The number of likely N-dealkylation sites (N-methyl/N-ethyl adjacent to an activating group) is 1. The molecule has 0 bridgehead atoms. The lowest BCUT2D eigenvalue weighted by atomic mass is 10.1. The molecule has 0 aromatic rings. The van der Waals surface area contributed by atoms with Gasteiger partial charge in [-0.2, -0.15) is 0 Å². The largest absolute Gasteiger partial charge is 0.305 e. The van der Waals surface area contributed by atoms with Gasteiger partial charge in [-0.05, 0) is 43.3 Å². The second-order valence-corrected chi connectivity index (χ2v) is 4.65. The molecule has 0 N–H and O–H groups in total. The first-order valence-electron chi connectivity index (χ1n) is 5.31. The Morgan fingerprint density at radius 1 is 1.38 bits per heavy atom. The van der Waals surface area contributed by atoms with E-state index in [1.807, 2.05) is 12.3 Å². The molecule has 0 unspecified atom stereocenters. The quantitative estimate of drug-likeness (QED) is 0.671. The summed E-state index contributed by atoms with van der Waals surface area (Å²) in [5.41, 5.74) is 3.82. The smallest absolute Gasteiger partial charge is 0.125 e. The van der Waals surface area contributed by atoms with E-state index < -0.39 is 0 Å². The van der Waals surface area contributed by atoms with Crippen molar-refractivity contribution in [3.63, 3.8) is 0 Å². The number of allylic oxidation sites excluding steroid dienone is 5. The van der Waals surface area contributed by atoms with Crippen LogP contribution in [-0.4, -0.2) is 31.8 Å². The van der Waals surface area contributed by atoms with Crippen molar-refractivity contribution in [2.75, 3.05) is 20.6 Å². The maximum absolute atomic E-state index is 5.79. The summed E-state index contributed by atoms with van der Waals surface area (Å²) in [6, 6.07) is 0. The van der Waals surface area contributed by atoms with Crippen molar-refractivity contribution < 1.29 is 0 Å². The van der Waals surface area contributed by atoms with Gasteiger partial charge in [0.1, 0.15) is 5.16 Å². The molecule has 0 saturated heterocycles. The van der Waals surface area contributed by atoms with Crippen molar-refractivity contribution in [1.82, 2.24) is 4.90 Å². The molecule has 0 aromatic heterocycles. The zero-order valence-corrected chi connectivity index (χ0v) is 10.3. The Bertz CT molecular complexity index is 437. The molecule has 0 saturated carbocycles. The molecule has 0 fully saturated rings. The summed E-state index contributed by atoms with van der Waals surface area (Å²) in [7, 11) is 4.15. The third-order valence-corrected chi connectivity index (χ3v) is 2.77. The third kappa shape index (κ3) is 2.71. The molecule has 0 spiro atoms. The molecule has 1 aliphatic carbocycles. The molecule has 16 heavy (non-hydrogen) atoms. The van der Waals surface area contributed by atoms with E-state index in [0.717, 1.165) is 13.0 Å². The topological polar surface area (TPSA) is 15.6 Å². The van der Waals surface area contributed by atoms with Gasteiger partial charge in [-0.1, -0.05) is 29.8 Å². The molecule has 3 heteroatoms. The zero-order valence-electron chi connectivity index (χ0n) is 9.57. The van der Waals surface area contributed by atoms with Crippen LogP contribution in [0.25, 0.3) is 0 Å². The monoisotopic (exact) mass is 234 g/mol. The van der Waals surface area contributed by atoms with Crippen LogP contribution in [0.2, 0.25) is 0 Å². The van der Waals surface area contributed by atoms with Crippen LogP contribution in [0.5, 0.6) is 0 Å². The van der Waals surface area contributed by atoms with Crippen LogP contribution in [0.3, 0.4) is 0 Å². The van der Waals surface area contributed by atoms with E-state index in [4.69, 9.17) is 11.6 Å². The van der Waals surface area contributed by atoms with Gasteiger partial charge in [-0.25, -0.2) is 4.99 Å². The lowest BCUT2D eigenvalue weighted by molar-refractivity contribution is 0.449. The highest BCUT2D eigenvalue weighted by Gasteiger charge is 2.09. The molecule has 0 amide bonds. The van der Waals surface area contributed by atoms with E-state index in [-0.39, 0.29) is 0 Å². The molecule has 1 heterocycles. The van der Waals surface area contributed by atoms with Crippen molar-refractivity contribution >= 4 is 17.8 Å². The van der Waals surface area contributed by atoms with Gasteiger partial charge in [0.2, 0.25) is 0 Å². The molecule has 2 aliphatic rings. The molecular weight excluding hydrogens is 220 g/mol. The first-order chi connectivity index (χ1) is 7.65. The van der Waals surface area contributed by atoms with Crippen molar-refractivity contribution in [1.29, 1.82) is 0 Å². The van der Waals surface area contributed by atoms with Crippen LogP contribution in [0, 0.1) is 0 Å². The fraction of sp³-hybridized carbons (Fsp3) is 0.308.